The molecule has 0 fully saturated rings. The molecule has 4 heteroatoms. The first kappa shape index (κ1) is 14.2. The third-order valence-corrected chi connectivity index (χ3v) is 4.37. The molecule has 19 heavy (non-hydrogen) atoms. The molecule has 2 rings (SSSR count). The largest absolute Gasteiger partial charge is 0.395 e. The highest BCUT2D eigenvalue weighted by molar-refractivity contribution is 7.09. The molecule has 1 aromatic heterocycles. The highest BCUT2D eigenvalue weighted by Crippen LogP contribution is 2.28. The molecule has 3 nitrogen and oxygen atoms in total. The third kappa shape index (κ3) is 3.03. The molecule has 102 valence electrons. The molecule has 0 saturated heterocycles. The Balaban J connectivity index is 2.33. The number of aliphatic hydroxyl groups is 1. The van der Waals surface area contributed by atoms with Gasteiger partial charge in [-0.25, -0.2) is 4.98 Å². The van der Waals surface area contributed by atoms with Crippen LogP contribution in [0.2, 0.25) is 0 Å². The average Bonchev–Trinajstić information content (AvgIpc) is 2.82. The van der Waals surface area contributed by atoms with E-state index in [1.165, 1.54) is 5.56 Å². The molecule has 3 N–H and O–H groups in total. The third-order valence-electron chi connectivity index (χ3n) is 3.54. The van der Waals surface area contributed by atoms with Gasteiger partial charge in [0.05, 0.1) is 17.3 Å². The Kier molecular flexibility index (Phi) is 4.34. The number of aliphatic hydroxyl groups excluding tert-OH is 1. The van der Waals surface area contributed by atoms with Crippen LogP contribution in [-0.2, 0) is 11.8 Å². The smallest absolute Gasteiger partial charge is 0.0897 e. The van der Waals surface area contributed by atoms with Crippen LogP contribution in [0.15, 0.2) is 29.6 Å². The molecule has 0 aliphatic heterocycles. The van der Waals surface area contributed by atoms with Crippen molar-refractivity contribution in [1.82, 2.24) is 4.98 Å². The number of aryl methyl sites for hydroxylation is 2. The van der Waals surface area contributed by atoms with E-state index in [0.29, 0.717) is 13.0 Å². The van der Waals surface area contributed by atoms with Crippen LogP contribution in [0.1, 0.15) is 21.8 Å². The lowest BCUT2D eigenvalue weighted by Gasteiger charge is -2.30. The van der Waals surface area contributed by atoms with Gasteiger partial charge in [-0.2, -0.15) is 0 Å². The lowest BCUT2D eigenvalue weighted by molar-refractivity contribution is 0.195. The summed E-state index contributed by atoms with van der Waals surface area (Å²) in [5, 5.41) is 13.0. The van der Waals surface area contributed by atoms with Crippen molar-refractivity contribution in [2.45, 2.75) is 25.7 Å². The fraction of sp³-hybridized carbons (Fsp3) is 0.400. The van der Waals surface area contributed by atoms with E-state index >= 15 is 0 Å². The van der Waals surface area contributed by atoms with Crippen molar-refractivity contribution in [3.63, 3.8) is 0 Å². The monoisotopic (exact) mass is 276 g/mol. The zero-order valence-electron chi connectivity index (χ0n) is 11.4. The molecule has 1 aromatic carbocycles. The minimum Gasteiger partial charge on any atom is -0.395 e. The summed E-state index contributed by atoms with van der Waals surface area (Å²) in [6.07, 6.45) is 0.674. The van der Waals surface area contributed by atoms with Gasteiger partial charge in [-0.15, -0.1) is 11.3 Å². The summed E-state index contributed by atoms with van der Waals surface area (Å²) < 4.78 is 0. The minimum absolute atomic E-state index is 0.0309. The SMILES string of the molecule is Cc1ccc(C(CN)(CO)Cc2csc(C)n2)cc1. The van der Waals surface area contributed by atoms with Gasteiger partial charge in [-0.05, 0) is 19.4 Å². The van der Waals surface area contributed by atoms with Gasteiger partial charge in [0.15, 0.2) is 0 Å². The molecule has 1 unspecified atom stereocenters. The van der Waals surface area contributed by atoms with Crippen LogP contribution in [0.25, 0.3) is 0 Å². The second kappa shape index (κ2) is 5.82. The Hall–Kier alpha value is -1.23. The summed E-state index contributed by atoms with van der Waals surface area (Å²) >= 11 is 1.63. The van der Waals surface area contributed by atoms with E-state index in [1.54, 1.807) is 11.3 Å². The van der Waals surface area contributed by atoms with Crippen LogP contribution in [0, 0.1) is 13.8 Å². The van der Waals surface area contributed by atoms with Gasteiger partial charge < -0.3 is 10.8 Å². The number of thiazole rings is 1. The van der Waals surface area contributed by atoms with Crippen molar-refractivity contribution < 1.29 is 5.11 Å². The van der Waals surface area contributed by atoms with Gasteiger partial charge in [0.1, 0.15) is 0 Å². The maximum Gasteiger partial charge on any atom is 0.0897 e. The fourth-order valence-corrected chi connectivity index (χ4v) is 2.86. The number of nitrogens with zero attached hydrogens (tertiary/aromatic N) is 1. The van der Waals surface area contributed by atoms with E-state index in [4.69, 9.17) is 5.73 Å². The Bertz CT molecular complexity index is 529. The molecule has 1 atom stereocenters. The first-order valence-corrected chi connectivity index (χ1v) is 7.27. The van der Waals surface area contributed by atoms with Crippen molar-refractivity contribution >= 4 is 11.3 Å². The lowest BCUT2D eigenvalue weighted by Crippen LogP contribution is -2.41. The van der Waals surface area contributed by atoms with Crippen molar-refractivity contribution in [2.24, 2.45) is 5.73 Å². The van der Waals surface area contributed by atoms with Crippen LogP contribution in [-0.4, -0.2) is 23.2 Å². The predicted molar refractivity (Wildman–Crippen MR) is 79.6 cm³/mol. The number of hydrogen-bond acceptors (Lipinski definition) is 4. The predicted octanol–water partition coefficient (Wildman–Crippen LogP) is 2.19. The summed E-state index contributed by atoms with van der Waals surface area (Å²) in [6.45, 7) is 4.48. The van der Waals surface area contributed by atoms with E-state index in [0.717, 1.165) is 16.3 Å². The second-order valence-electron chi connectivity index (χ2n) is 5.04. The average molecular weight is 276 g/mol. The van der Waals surface area contributed by atoms with E-state index in [-0.39, 0.29) is 6.61 Å². The maximum absolute atomic E-state index is 9.86. The van der Waals surface area contributed by atoms with Crippen molar-refractivity contribution in [1.29, 1.82) is 0 Å². The summed E-state index contributed by atoms with van der Waals surface area (Å²) in [4.78, 5) is 4.49. The van der Waals surface area contributed by atoms with Gasteiger partial charge in [0.2, 0.25) is 0 Å². The van der Waals surface area contributed by atoms with Gasteiger partial charge >= 0.3 is 0 Å². The van der Waals surface area contributed by atoms with Gasteiger partial charge in [0, 0.05) is 23.8 Å². The Morgan fingerprint density at radius 2 is 1.95 bits per heavy atom. The Morgan fingerprint density at radius 3 is 2.42 bits per heavy atom. The van der Waals surface area contributed by atoms with E-state index in [1.807, 2.05) is 12.3 Å². The first-order valence-electron chi connectivity index (χ1n) is 6.39. The maximum atomic E-state index is 9.86. The number of rotatable bonds is 5. The highest BCUT2D eigenvalue weighted by Gasteiger charge is 2.31. The topological polar surface area (TPSA) is 59.1 Å². The van der Waals surface area contributed by atoms with E-state index in [2.05, 4.69) is 36.2 Å². The fourth-order valence-electron chi connectivity index (χ4n) is 2.25. The van der Waals surface area contributed by atoms with E-state index < -0.39 is 5.41 Å². The van der Waals surface area contributed by atoms with Crippen LogP contribution >= 0.6 is 11.3 Å². The van der Waals surface area contributed by atoms with Crippen LogP contribution in [0.4, 0.5) is 0 Å². The lowest BCUT2D eigenvalue weighted by atomic mass is 9.77. The van der Waals surface area contributed by atoms with Gasteiger partial charge in [-0.1, -0.05) is 29.8 Å². The molecule has 0 bridgehead atoms. The molecule has 0 spiro atoms. The zero-order valence-corrected chi connectivity index (χ0v) is 12.2. The Morgan fingerprint density at radius 1 is 1.26 bits per heavy atom. The molecule has 0 saturated carbocycles. The summed E-state index contributed by atoms with van der Waals surface area (Å²) in [6, 6.07) is 8.22. The van der Waals surface area contributed by atoms with Crippen molar-refractivity contribution in [3.8, 4) is 0 Å². The van der Waals surface area contributed by atoms with Gasteiger partial charge in [0.25, 0.3) is 0 Å². The van der Waals surface area contributed by atoms with Crippen molar-refractivity contribution in [3.05, 3.63) is 51.5 Å². The molecular weight excluding hydrogens is 256 g/mol. The number of nitrogens with two attached hydrogens (primary N) is 1. The Labute approximate surface area is 118 Å². The first-order chi connectivity index (χ1) is 9.09. The van der Waals surface area contributed by atoms with Crippen molar-refractivity contribution in [2.75, 3.05) is 13.2 Å². The molecule has 1 heterocycles. The number of benzene rings is 1. The molecule has 0 radical (unpaired) electrons. The van der Waals surface area contributed by atoms with E-state index in [9.17, 15) is 5.11 Å². The molecule has 2 aromatic rings. The molecule has 0 aliphatic carbocycles. The highest BCUT2D eigenvalue weighted by atomic mass is 32.1. The quantitative estimate of drug-likeness (QED) is 0.880. The standard InChI is InChI=1S/C15H20N2OS/c1-11-3-5-13(6-4-11)15(9-16,10-18)7-14-8-19-12(2)17-14/h3-6,8,18H,7,9-10,16H2,1-2H3. The zero-order chi connectivity index (χ0) is 13.9. The van der Waals surface area contributed by atoms with Crippen LogP contribution < -0.4 is 5.73 Å². The number of hydrogen-bond donors (Lipinski definition) is 2. The van der Waals surface area contributed by atoms with Crippen LogP contribution in [0.3, 0.4) is 0 Å². The van der Waals surface area contributed by atoms with Gasteiger partial charge in [-0.3, -0.25) is 0 Å². The summed E-state index contributed by atoms with van der Waals surface area (Å²) in [5.41, 5.74) is 8.81. The number of aromatic nitrogens is 1. The normalized spacial score (nSPS) is 14.3. The minimum atomic E-state index is -0.436. The molecule has 0 aliphatic rings. The molecular formula is C15H20N2OS. The molecule has 0 amide bonds. The summed E-state index contributed by atoms with van der Waals surface area (Å²) in [7, 11) is 0. The summed E-state index contributed by atoms with van der Waals surface area (Å²) in [5.74, 6) is 0. The van der Waals surface area contributed by atoms with Crippen LogP contribution in [0.5, 0.6) is 0 Å². The second-order valence-corrected chi connectivity index (χ2v) is 6.11.